The first-order valence-electron chi connectivity index (χ1n) is 8.08. The van der Waals surface area contributed by atoms with Crippen LogP contribution in [0.4, 0.5) is 5.69 Å². The summed E-state index contributed by atoms with van der Waals surface area (Å²) < 4.78 is 16.4. The molecule has 0 saturated heterocycles. The van der Waals surface area contributed by atoms with Crippen LogP contribution in [0.25, 0.3) is 0 Å². The Kier molecular flexibility index (Phi) is 9.04. The molecule has 0 heterocycles. The first kappa shape index (κ1) is 21.9. The fourth-order valence-electron chi connectivity index (χ4n) is 2.31. The number of nitrogens with one attached hydrogen (secondary N) is 1. The van der Waals surface area contributed by atoms with Crippen LogP contribution in [0.15, 0.2) is 41.4 Å². The Morgan fingerprint density at radius 1 is 1.08 bits per heavy atom. The van der Waals surface area contributed by atoms with Gasteiger partial charge in [-0.3, -0.25) is 0 Å². The van der Waals surface area contributed by atoms with Crippen LogP contribution >= 0.6 is 24.0 Å². The van der Waals surface area contributed by atoms with E-state index in [0.717, 1.165) is 11.3 Å². The lowest BCUT2D eigenvalue weighted by molar-refractivity contribution is 0.288. The van der Waals surface area contributed by atoms with Gasteiger partial charge in [-0.2, -0.15) is 0 Å². The van der Waals surface area contributed by atoms with Crippen LogP contribution in [0.5, 0.6) is 17.2 Å². The van der Waals surface area contributed by atoms with Crippen LogP contribution < -0.4 is 25.3 Å². The number of halogens is 1. The lowest BCUT2D eigenvalue weighted by Gasteiger charge is -2.15. The van der Waals surface area contributed by atoms with E-state index in [1.165, 1.54) is 5.56 Å². The highest BCUT2D eigenvalue weighted by Crippen LogP contribution is 2.38. The number of anilines is 1. The number of ether oxygens (including phenoxy) is 3. The fourth-order valence-corrected chi connectivity index (χ4v) is 2.31. The molecule has 2 aromatic carbocycles. The predicted octanol–water partition coefficient (Wildman–Crippen LogP) is 3.96. The van der Waals surface area contributed by atoms with Crippen molar-refractivity contribution >= 4 is 35.6 Å². The number of methoxy groups -OCH3 is 2. The minimum absolute atomic E-state index is 0. The number of benzene rings is 2. The molecule has 0 saturated carbocycles. The van der Waals surface area contributed by atoms with E-state index in [9.17, 15) is 0 Å². The number of aliphatic imine (C=N–C) groups is 1. The maximum atomic E-state index is 5.96. The van der Waals surface area contributed by atoms with E-state index in [1.54, 1.807) is 14.2 Å². The van der Waals surface area contributed by atoms with Gasteiger partial charge in [0.1, 0.15) is 0 Å². The van der Waals surface area contributed by atoms with Crippen molar-refractivity contribution in [2.24, 2.45) is 10.7 Å². The van der Waals surface area contributed by atoms with Crippen LogP contribution in [0.1, 0.15) is 18.1 Å². The molecule has 0 aliphatic rings. The third-order valence-corrected chi connectivity index (χ3v) is 3.57. The summed E-state index contributed by atoms with van der Waals surface area (Å²) in [5.74, 6) is 2.15. The number of nitrogens with zero attached hydrogens (tertiary/aromatic N) is 1. The summed E-state index contributed by atoms with van der Waals surface area (Å²) in [5, 5.41) is 3.07. The first-order chi connectivity index (χ1) is 12.1. The quantitative estimate of drug-likeness (QED) is 0.363. The van der Waals surface area contributed by atoms with E-state index in [0.29, 0.717) is 36.4 Å². The first-order valence-corrected chi connectivity index (χ1v) is 8.08. The highest BCUT2D eigenvalue weighted by molar-refractivity contribution is 14.0. The molecule has 0 atom stereocenters. The molecule has 0 aliphatic carbocycles. The lowest BCUT2D eigenvalue weighted by Crippen LogP contribution is -2.22. The van der Waals surface area contributed by atoms with Gasteiger partial charge in [-0.25, -0.2) is 4.99 Å². The molecular weight excluding hydrogens is 445 g/mol. The number of guanidine groups is 1. The van der Waals surface area contributed by atoms with E-state index in [4.69, 9.17) is 19.9 Å². The van der Waals surface area contributed by atoms with Crippen molar-refractivity contribution in [3.8, 4) is 17.2 Å². The van der Waals surface area contributed by atoms with Gasteiger partial charge in [-0.1, -0.05) is 17.7 Å². The zero-order chi connectivity index (χ0) is 18.2. The SMILES string of the molecule is CCOc1c(OC)cc(CN=C(N)Nc2ccc(C)cc2)cc1OC.I. The Labute approximate surface area is 171 Å². The van der Waals surface area contributed by atoms with E-state index in [1.807, 2.05) is 50.2 Å². The number of nitrogens with two attached hydrogens (primary N) is 1. The highest BCUT2D eigenvalue weighted by atomic mass is 127. The largest absolute Gasteiger partial charge is 0.493 e. The summed E-state index contributed by atoms with van der Waals surface area (Å²) in [4.78, 5) is 4.37. The molecule has 0 aliphatic heterocycles. The van der Waals surface area contributed by atoms with Gasteiger partial charge in [0.25, 0.3) is 0 Å². The Morgan fingerprint density at radius 2 is 1.65 bits per heavy atom. The predicted molar refractivity (Wildman–Crippen MR) is 116 cm³/mol. The van der Waals surface area contributed by atoms with E-state index in [-0.39, 0.29) is 24.0 Å². The average Bonchev–Trinajstić information content (AvgIpc) is 2.62. The van der Waals surface area contributed by atoms with Gasteiger partial charge in [0, 0.05) is 5.69 Å². The van der Waals surface area contributed by atoms with Gasteiger partial charge in [0.05, 0.1) is 27.4 Å². The second kappa shape index (κ2) is 10.7. The minimum Gasteiger partial charge on any atom is -0.493 e. The fraction of sp³-hybridized carbons (Fsp3) is 0.316. The Balaban J connectivity index is 0.00000338. The van der Waals surface area contributed by atoms with Crippen LogP contribution in [-0.2, 0) is 6.54 Å². The van der Waals surface area contributed by atoms with Crippen molar-refractivity contribution in [2.45, 2.75) is 20.4 Å². The zero-order valence-corrected chi connectivity index (χ0v) is 17.9. The molecule has 0 fully saturated rings. The van der Waals surface area contributed by atoms with Gasteiger partial charge in [-0.15, -0.1) is 24.0 Å². The lowest BCUT2D eigenvalue weighted by atomic mass is 10.2. The molecular formula is C19H26IN3O3. The van der Waals surface area contributed by atoms with Crippen molar-refractivity contribution in [1.82, 2.24) is 0 Å². The molecule has 2 rings (SSSR count). The van der Waals surface area contributed by atoms with Crippen LogP contribution in [0.2, 0.25) is 0 Å². The normalized spacial score (nSPS) is 10.7. The van der Waals surface area contributed by atoms with Gasteiger partial charge in [-0.05, 0) is 43.7 Å². The molecule has 0 aromatic heterocycles. The maximum Gasteiger partial charge on any atom is 0.203 e. The van der Waals surface area contributed by atoms with Crippen molar-refractivity contribution in [1.29, 1.82) is 0 Å². The van der Waals surface area contributed by atoms with Gasteiger partial charge in [0.15, 0.2) is 17.5 Å². The monoisotopic (exact) mass is 471 g/mol. The Bertz CT molecular complexity index is 708. The van der Waals surface area contributed by atoms with Crippen LogP contribution in [-0.4, -0.2) is 26.8 Å². The summed E-state index contributed by atoms with van der Waals surface area (Å²) in [5.41, 5.74) is 8.96. The number of rotatable bonds is 7. The molecule has 0 amide bonds. The highest BCUT2D eigenvalue weighted by Gasteiger charge is 2.13. The summed E-state index contributed by atoms with van der Waals surface area (Å²) in [6.45, 7) is 4.86. The van der Waals surface area contributed by atoms with Gasteiger partial charge >= 0.3 is 0 Å². The van der Waals surface area contributed by atoms with Gasteiger partial charge in [0.2, 0.25) is 5.75 Å². The third-order valence-electron chi connectivity index (χ3n) is 3.57. The molecule has 0 radical (unpaired) electrons. The van der Waals surface area contributed by atoms with E-state index < -0.39 is 0 Å². The number of hydrogen-bond donors (Lipinski definition) is 2. The second-order valence-corrected chi connectivity index (χ2v) is 5.45. The average molecular weight is 471 g/mol. The molecule has 0 unspecified atom stereocenters. The molecule has 6 nitrogen and oxygen atoms in total. The summed E-state index contributed by atoms with van der Waals surface area (Å²) in [7, 11) is 3.19. The van der Waals surface area contributed by atoms with E-state index >= 15 is 0 Å². The maximum absolute atomic E-state index is 5.96. The third kappa shape index (κ3) is 5.98. The molecule has 7 heteroatoms. The zero-order valence-electron chi connectivity index (χ0n) is 15.5. The topological polar surface area (TPSA) is 78.1 Å². The van der Waals surface area contributed by atoms with Crippen LogP contribution in [0.3, 0.4) is 0 Å². The second-order valence-electron chi connectivity index (χ2n) is 5.45. The van der Waals surface area contributed by atoms with Crippen molar-refractivity contribution < 1.29 is 14.2 Å². The number of aryl methyl sites for hydroxylation is 1. The summed E-state index contributed by atoms with van der Waals surface area (Å²) >= 11 is 0. The smallest absolute Gasteiger partial charge is 0.203 e. The summed E-state index contributed by atoms with van der Waals surface area (Å²) in [6.07, 6.45) is 0. The minimum atomic E-state index is 0. The molecule has 0 spiro atoms. The van der Waals surface area contributed by atoms with Crippen molar-refractivity contribution in [2.75, 3.05) is 26.1 Å². The molecule has 26 heavy (non-hydrogen) atoms. The summed E-state index contributed by atoms with van der Waals surface area (Å²) in [6, 6.07) is 11.7. The Morgan fingerprint density at radius 3 is 2.15 bits per heavy atom. The molecule has 0 bridgehead atoms. The van der Waals surface area contributed by atoms with Crippen LogP contribution in [0, 0.1) is 6.92 Å². The molecule has 3 N–H and O–H groups in total. The molecule has 2 aromatic rings. The standard InChI is InChI=1S/C19H25N3O3.HI/c1-5-25-18-16(23-3)10-14(11-17(18)24-4)12-21-19(20)22-15-8-6-13(2)7-9-15;/h6-11H,5,12H2,1-4H3,(H3,20,21,22);1H. The Hall–Kier alpha value is -2.16. The van der Waals surface area contributed by atoms with Crippen molar-refractivity contribution in [3.63, 3.8) is 0 Å². The van der Waals surface area contributed by atoms with Gasteiger partial charge < -0.3 is 25.3 Å². The molecule has 142 valence electrons. The number of hydrogen-bond acceptors (Lipinski definition) is 4. The van der Waals surface area contributed by atoms with E-state index in [2.05, 4.69) is 10.3 Å². The van der Waals surface area contributed by atoms with Crippen molar-refractivity contribution in [3.05, 3.63) is 47.5 Å².